The van der Waals surface area contributed by atoms with Crippen LogP contribution in [0.4, 0.5) is 0 Å². The number of oxazole rings is 1. The third kappa shape index (κ3) is 3.36. The average molecular weight is 378 g/mol. The minimum atomic E-state index is 0.647. The maximum atomic E-state index is 6.35. The summed E-state index contributed by atoms with van der Waals surface area (Å²) in [6, 6.07) is 25.1. The molecule has 0 bridgehead atoms. The zero-order valence-corrected chi connectivity index (χ0v) is 16.6. The molecular formula is C26H22N2O. The molecule has 2 aromatic heterocycles. The molecule has 0 amide bonds. The molecule has 29 heavy (non-hydrogen) atoms. The Bertz CT molecular complexity index is 1250. The molecule has 5 aromatic rings. The molecule has 0 aliphatic carbocycles. The highest BCUT2D eigenvalue weighted by Crippen LogP contribution is 2.34. The highest BCUT2D eigenvalue weighted by molar-refractivity contribution is 5.83. The molecule has 0 fully saturated rings. The molecule has 3 heteroatoms. The molecule has 0 radical (unpaired) electrons. The van der Waals surface area contributed by atoms with Gasteiger partial charge in [0.15, 0.2) is 11.7 Å². The molecule has 3 nitrogen and oxygen atoms in total. The molecule has 3 aromatic carbocycles. The number of aromatic nitrogens is 2. The highest BCUT2D eigenvalue weighted by atomic mass is 16.4. The van der Waals surface area contributed by atoms with Gasteiger partial charge in [-0.25, -0.2) is 4.98 Å². The van der Waals surface area contributed by atoms with Crippen molar-refractivity contribution in [1.82, 2.24) is 9.97 Å². The number of aryl methyl sites for hydroxylation is 2. The Kier molecular flexibility index (Phi) is 4.28. The normalized spacial score (nSPS) is 11.2. The Hall–Kier alpha value is -3.59. The molecule has 142 valence electrons. The number of nitrogens with zero attached hydrogens (tertiary/aromatic N) is 1. The molecule has 0 aliphatic heterocycles. The maximum absolute atomic E-state index is 6.35. The summed E-state index contributed by atoms with van der Waals surface area (Å²) in [6.07, 6.45) is 2.70. The van der Waals surface area contributed by atoms with Crippen LogP contribution in [0.5, 0.6) is 0 Å². The van der Waals surface area contributed by atoms with Gasteiger partial charge in [0, 0.05) is 28.2 Å². The molecule has 0 saturated carbocycles. The lowest BCUT2D eigenvalue weighted by Crippen LogP contribution is -1.87. The third-order valence-electron chi connectivity index (χ3n) is 5.26. The smallest absolute Gasteiger partial charge is 0.200 e. The number of fused-ring (bicyclic) bond motifs is 1. The second kappa shape index (κ2) is 7.10. The lowest BCUT2D eigenvalue weighted by atomic mass is 10.0. The summed E-state index contributed by atoms with van der Waals surface area (Å²) in [5.41, 5.74) is 7.76. The minimum absolute atomic E-state index is 0.647. The SMILES string of the molecule is Cc1cccc(-c2nc(Cc3c[nH]c4ccccc34)oc2-c2cccc(C)c2)c1. The van der Waals surface area contributed by atoms with Crippen molar-refractivity contribution >= 4 is 10.9 Å². The predicted octanol–water partition coefficient (Wildman–Crippen LogP) is 6.70. The van der Waals surface area contributed by atoms with E-state index in [1.165, 1.54) is 22.1 Å². The number of rotatable bonds is 4. The van der Waals surface area contributed by atoms with E-state index in [1.54, 1.807) is 0 Å². The van der Waals surface area contributed by atoms with Gasteiger partial charge in [-0.15, -0.1) is 0 Å². The summed E-state index contributed by atoms with van der Waals surface area (Å²) < 4.78 is 6.35. The summed E-state index contributed by atoms with van der Waals surface area (Å²) in [4.78, 5) is 8.27. The summed E-state index contributed by atoms with van der Waals surface area (Å²) in [6.45, 7) is 4.20. The lowest BCUT2D eigenvalue weighted by molar-refractivity contribution is 0.520. The van der Waals surface area contributed by atoms with Crippen LogP contribution in [-0.4, -0.2) is 9.97 Å². The van der Waals surface area contributed by atoms with E-state index in [-0.39, 0.29) is 0 Å². The number of hydrogen-bond acceptors (Lipinski definition) is 2. The van der Waals surface area contributed by atoms with Crippen LogP contribution in [-0.2, 0) is 6.42 Å². The monoisotopic (exact) mass is 378 g/mol. The van der Waals surface area contributed by atoms with Crippen LogP contribution in [0.15, 0.2) is 83.4 Å². The van der Waals surface area contributed by atoms with Crippen molar-refractivity contribution in [2.24, 2.45) is 0 Å². The van der Waals surface area contributed by atoms with Crippen LogP contribution in [0.25, 0.3) is 33.5 Å². The quantitative estimate of drug-likeness (QED) is 0.378. The van der Waals surface area contributed by atoms with Gasteiger partial charge in [-0.1, -0.05) is 65.7 Å². The van der Waals surface area contributed by atoms with E-state index in [1.807, 2.05) is 12.3 Å². The van der Waals surface area contributed by atoms with Gasteiger partial charge in [0.1, 0.15) is 5.69 Å². The van der Waals surface area contributed by atoms with Gasteiger partial charge in [0.05, 0.1) is 6.42 Å². The van der Waals surface area contributed by atoms with Crippen molar-refractivity contribution < 1.29 is 4.42 Å². The van der Waals surface area contributed by atoms with Gasteiger partial charge >= 0.3 is 0 Å². The van der Waals surface area contributed by atoms with Crippen LogP contribution >= 0.6 is 0 Å². The Morgan fingerprint density at radius 1 is 0.828 bits per heavy atom. The van der Waals surface area contributed by atoms with Crippen LogP contribution in [0.1, 0.15) is 22.6 Å². The molecule has 0 atom stereocenters. The van der Waals surface area contributed by atoms with Crippen LogP contribution in [0, 0.1) is 13.8 Å². The summed E-state index contributed by atoms with van der Waals surface area (Å²) >= 11 is 0. The van der Waals surface area contributed by atoms with Crippen LogP contribution in [0.3, 0.4) is 0 Å². The van der Waals surface area contributed by atoms with Gasteiger partial charge in [-0.05, 0) is 37.6 Å². The molecule has 0 unspecified atom stereocenters. The zero-order chi connectivity index (χ0) is 19.8. The molecule has 2 heterocycles. The van der Waals surface area contributed by atoms with Crippen molar-refractivity contribution in [2.45, 2.75) is 20.3 Å². The standard InChI is InChI=1S/C26H22N2O/c1-17-7-5-9-19(13-17)25-26(20-10-6-8-18(2)14-20)29-24(28-25)15-21-16-27-23-12-4-3-11-22(21)23/h3-14,16,27H,15H2,1-2H3. The molecule has 0 saturated heterocycles. The van der Waals surface area contributed by atoms with E-state index in [2.05, 4.69) is 85.6 Å². The third-order valence-corrected chi connectivity index (χ3v) is 5.26. The zero-order valence-electron chi connectivity index (χ0n) is 16.6. The number of para-hydroxylation sites is 1. The molecule has 5 rings (SSSR count). The average Bonchev–Trinajstić information content (AvgIpc) is 3.33. The molecule has 1 N–H and O–H groups in total. The van der Waals surface area contributed by atoms with Crippen molar-refractivity contribution in [3.8, 4) is 22.6 Å². The Morgan fingerprint density at radius 2 is 1.55 bits per heavy atom. The van der Waals surface area contributed by atoms with E-state index in [4.69, 9.17) is 9.40 Å². The van der Waals surface area contributed by atoms with Crippen molar-refractivity contribution in [3.63, 3.8) is 0 Å². The largest absolute Gasteiger partial charge is 0.440 e. The maximum Gasteiger partial charge on any atom is 0.200 e. The fourth-order valence-corrected chi connectivity index (χ4v) is 3.85. The number of hydrogen-bond donors (Lipinski definition) is 1. The van der Waals surface area contributed by atoms with E-state index in [0.29, 0.717) is 6.42 Å². The predicted molar refractivity (Wildman–Crippen MR) is 118 cm³/mol. The van der Waals surface area contributed by atoms with Crippen molar-refractivity contribution in [1.29, 1.82) is 0 Å². The molecular weight excluding hydrogens is 356 g/mol. The highest BCUT2D eigenvalue weighted by Gasteiger charge is 2.18. The molecule has 0 spiro atoms. The minimum Gasteiger partial charge on any atom is -0.440 e. The first-order chi connectivity index (χ1) is 14.2. The Labute approximate surface area is 170 Å². The van der Waals surface area contributed by atoms with Crippen molar-refractivity contribution in [2.75, 3.05) is 0 Å². The van der Waals surface area contributed by atoms with E-state index >= 15 is 0 Å². The first kappa shape index (κ1) is 17.5. The fraction of sp³-hybridized carbons (Fsp3) is 0.115. The fourth-order valence-electron chi connectivity index (χ4n) is 3.85. The number of H-pyrrole nitrogens is 1. The van der Waals surface area contributed by atoms with Gasteiger partial charge in [-0.3, -0.25) is 0 Å². The Morgan fingerprint density at radius 3 is 2.34 bits per heavy atom. The number of aromatic amines is 1. The van der Waals surface area contributed by atoms with Gasteiger partial charge in [-0.2, -0.15) is 0 Å². The van der Waals surface area contributed by atoms with E-state index < -0.39 is 0 Å². The summed E-state index contributed by atoms with van der Waals surface area (Å²) in [5, 5.41) is 1.21. The number of nitrogens with one attached hydrogen (secondary N) is 1. The second-order valence-electron chi connectivity index (χ2n) is 7.56. The first-order valence-electron chi connectivity index (χ1n) is 9.86. The first-order valence-corrected chi connectivity index (χ1v) is 9.86. The lowest BCUT2D eigenvalue weighted by Gasteiger charge is -2.03. The summed E-state index contributed by atoms with van der Waals surface area (Å²) in [5.74, 6) is 1.55. The second-order valence-corrected chi connectivity index (χ2v) is 7.56. The van der Waals surface area contributed by atoms with Crippen molar-refractivity contribution in [3.05, 3.63) is 102 Å². The summed E-state index contributed by atoms with van der Waals surface area (Å²) in [7, 11) is 0. The van der Waals surface area contributed by atoms with E-state index in [0.717, 1.165) is 34.0 Å². The molecule has 0 aliphatic rings. The van der Waals surface area contributed by atoms with Crippen LogP contribution < -0.4 is 0 Å². The van der Waals surface area contributed by atoms with Crippen LogP contribution in [0.2, 0.25) is 0 Å². The Balaban J connectivity index is 1.63. The van der Waals surface area contributed by atoms with Gasteiger partial charge in [0.2, 0.25) is 0 Å². The van der Waals surface area contributed by atoms with Gasteiger partial charge < -0.3 is 9.40 Å². The number of benzene rings is 3. The van der Waals surface area contributed by atoms with E-state index in [9.17, 15) is 0 Å². The van der Waals surface area contributed by atoms with Gasteiger partial charge in [0.25, 0.3) is 0 Å². The topological polar surface area (TPSA) is 41.8 Å².